The second kappa shape index (κ2) is 8.15. The predicted octanol–water partition coefficient (Wildman–Crippen LogP) is 1.82. The van der Waals surface area contributed by atoms with Crippen molar-refractivity contribution in [2.75, 3.05) is 11.9 Å². The van der Waals surface area contributed by atoms with Crippen molar-refractivity contribution in [2.45, 2.75) is 36.0 Å². The van der Waals surface area contributed by atoms with E-state index < -0.39 is 21.8 Å². The highest BCUT2D eigenvalue weighted by Crippen LogP contribution is 2.33. The first-order valence-electron chi connectivity index (χ1n) is 8.31. The lowest BCUT2D eigenvalue weighted by molar-refractivity contribution is -0.110. The topological polar surface area (TPSA) is 118 Å². The molecule has 1 aromatic heterocycles. The summed E-state index contributed by atoms with van der Waals surface area (Å²) >= 11 is 1.25. The number of hydrogen-bond acceptors (Lipinski definition) is 8. The molecule has 1 heterocycles. The van der Waals surface area contributed by atoms with E-state index in [1.807, 2.05) is 0 Å². The van der Waals surface area contributed by atoms with Crippen LogP contribution in [0, 0.1) is 0 Å². The van der Waals surface area contributed by atoms with Crippen molar-refractivity contribution in [3.63, 3.8) is 0 Å². The van der Waals surface area contributed by atoms with E-state index in [4.69, 9.17) is 9.94 Å². The summed E-state index contributed by atoms with van der Waals surface area (Å²) in [5, 5.41) is 17.4. The highest BCUT2D eigenvalue weighted by molar-refractivity contribution is 7.92. The molecule has 1 aliphatic rings. The fourth-order valence-corrected chi connectivity index (χ4v) is 4.40. The molecule has 1 amide bonds. The van der Waals surface area contributed by atoms with E-state index in [2.05, 4.69) is 15.5 Å². The maximum atomic E-state index is 12.6. The third-order valence-electron chi connectivity index (χ3n) is 3.87. The van der Waals surface area contributed by atoms with Gasteiger partial charge in [-0.1, -0.05) is 17.3 Å². The first-order chi connectivity index (χ1) is 12.9. The highest BCUT2D eigenvalue weighted by Gasteiger charge is 2.36. The van der Waals surface area contributed by atoms with Crippen LogP contribution in [-0.4, -0.2) is 48.1 Å². The van der Waals surface area contributed by atoms with Crippen LogP contribution in [0.3, 0.4) is 0 Å². The fraction of sp³-hybridized carbons (Fsp3) is 0.353. The van der Waals surface area contributed by atoms with Crippen molar-refractivity contribution in [3.8, 4) is 0 Å². The second-order valence-electron chi connectivity index (χ2n) is 6.10. The maximum absolute atomic E-state index is 12.6. The number of oxime groups is 1. The van der Waals surface area contributed by atoms with Crippen LogP contribution in [0.15, 0.2) is 45.9 Å². The lowest BCUT2D eigenvalue weighted by atomic mass is 10.1. The van der Waals surface area contributed by atoms with Gasteiger partial charge < -0.3 is 9.94 Å². The number of rotatable bonds is 8. The van der Waals surface area contributed by atoms with E-state index in [1.165, 1.54) is 35.6 Å². The molecule has 0 unspecified atom stereocenters. The summed E-state index contributed by atoms with van der Waals surface area (Å²) < 4.78 is 24.6. The van der Waals surface area contributed by atoms with Crippen molar-refractivity contribution in [2.24, 2.45) is 5.16 Å². The zero-order valence-electron chi connectivity index (χ0n) is 14.5. The van der Waals surface area contributed by atoms with Crippen LogP contribution in [0.1, 0.15) is 25.3 Å². The first-order valence-corrected chi connectivity index (χ1v) is 10.7. The van der Waals surface area contributed by atoms with Crippen LogP contribution < -0.4 is 5.32 Å². The maximum Gasteiger partial charge on any atom is 0.280 e. The Morgan fingerprint density at radius 2 is 2.11 bits per heavy atom. The molecule has 1 aliphatic carbocycles. The van der Waals surface area contributed by atoms with Gasteiger partial charge in [-0.2, -0.15) is 0 Å². The molecule has 8 nitrogen and oxygen atoms in total. The zero-order valence-corrected chi connectivity index (χ0v) is 16.2. The van der Waals surface area contributed by atoms with Crippen molar-refractivity contribution >= 4 is 37.9 Å². The van der Waals surface area contributed by atoms with Gasteiger partial charge in [0.05, 0.1) is 16.8 Å². The Bertz CT molecular complexity index is 920. The molecular formula is C17H19N3O5S2. The van der Waals surface area contributed by atoms with Crippen molar-refractivity contribution in [1.82, 2.24) is 4.98 Å². The molecule has 0 saturated heterocycles. The number of aromatic nitrogens is 1. The van der Waals surface area contributed by atoms with Crippen LogP contribution in [0.4, 0.5) is 5.13 Å². The normalized spacial score (nSPS) is 16.0. The Morgan fingerprint density at radius 1 is 1.41 bits per heavy atom. The molecule has 1 fully saturated rings. The number of carbonyl (C=O) groups excluding carboxylic acids is 1. The fourth-order valence-electron chi connectivity index (χ4n) is 2.22. The largest absolute Gasteiger partial charge is 0.392 e. The molecule has 1 saturated carbocycles. The standard InChI is InChI=1S/C17H19N3O5S2/c1-11(10-21)25-20-15(16(22)19-17-18-8-9-26-17)12-2-4-13(5-3-12)27(23,24)14-6-7-14/h2-5,8-9,11,14,21H,6-7,10H2,1H3,(H,18,19,22)/b20-15+/t11-/m0/s1. The Labute approximate surface area is 160 Å². The van der Waals surface area contributed by atoms with E-state index in [0.717, 1.165) is 0 Å². The van der Waals surface area contributed by atoms with E-state index in [-0.39, 0.29) is 22.5 Å². The molecule has 144 valence electrons. The van der Waals surface area contributed by atoms with E-state index in [9.17, 15) is 13.2 Å². The number of carbonyl (C=O) groups is 1. The average Bonchev–Trinajstić information content (AvgIpc) is 3.41. The molecule has 0 spiro atoms. The molecule has 3 rings (SSSR count). The van der Waals surface area contributed by atoms with Gasteiger partial charge in [0.15, 0.2) is 20.7 Å². The van der Waals surface area contributed by atoms with Crippen LogP contribution in [0.2, 0.25) is 0 Å². The van der Waals surface area contributed by atoms with Crippen LogP contribution in [0.25, 0.3) is 0 Å². The molecule has 1 atom stereocenters. The number of sulfone groups is 1. The number of nitrogens with one attached hydrogen (secondary N) is 1. The predicted molar refractivity (Wildman–Crippen MR) is 102 cm³/mol. The van der Waals surface area contributed by atoms with Gasteiger partial charge in [-0.3, -0.25) is 10.1 Å². The second-order valence-corrected chi connectivity index (χ2v) is 9.22. The minimum Gasteiger partial charge on any atom is -0.392 e. The van der Waals surface area contributed by atoms with Crippen LogP contribution >= 0.6 is 11.3 Å². The zero-order chi connectivity index (χ0) is 19.4. The number of amides is 1. The minimum atomic E-state index is -3.31. The third-order valence-corrected chi connectivity index (χ3v) is 6.84. The highest BCUT2D eigenvalue weighted by atomic mass is 32.2. The summed E-state index contributed by atoms with van der Waals surface area (Å²) in [7, 11) is -3.31. The molecule has 2 aromatic rings. The molecule has 27 heavy (non-hydrogen) atoms. The van der Waals surface area contributed by atoms with E-state index in [1.54, 1.807) is 18.5 Å². The molecule has 2 N–H and O–H groups in total. The molecule has 10 heteroatoms. The van der Waals surface area contributed by atoms with E-state index in [0.29, 0.717) is 23.5 Å². The van der Waals surface area contributed by atoms with Crippen molar-refractivity contribution in [3.05, 3.63) is 41.4 Å². The molecule has 0 bridgehead atoms. The van der Waals surface area contributed by atoms with Gasteiger partial charge in [0.1, 0.15) is 6.10 Å². The van der Waals surface area contributed by atoms with Gasteiger partial charge >= 0.3 is 0 Å². The Hall–Kier alpha value is -2.30. The summed E-state index contributed by atoms with van der Waals surface area (Å²) in [6.07, 6.45) is 2.32. The van der Waals surface area contributed by atoms with Gasteiger partial charge in [-0.05, 0) is 31.9 Å². The third kappa shape index (κ3) is 4.71. The Kier molecular flexibility index (Phi) is 5.88. The van der Waals surface area contributed by atoms with Crippen molar-refractivity contribution < 1.29 is 23.2 Å². The van der Waals surface area contributed by atoms with Gasteiger partial charge in [-0.15, -0.1) is 11.3 Å². The minimum absolute atomic E-state index is 0.0409. The van der Waals surface area contributed by atoms with Crippen LogP contribution in [-0.2, 0) is 19.5 Å². The molecule has 1 aromatic carbocycles. The van der Waals surface area contributed by atoms with Gasteiger partial charge in [0.25, 0.3) is 5.91 Å². The number of aliphatic hydroxyl groups excluding tert-OH is 1. The number of anilines is 1. The smallest absolute Gasteiger partial charge is 0.280 e. The quantitative estimate of drug-likeness (QED) is 0.507. The number of benzene rings is 1. The lowest BCUT2D eigenvalue weighted by Gasteiger charge is -2.10. The van der Waals surface area contributed by atoms with E-state index >= 15 is 0 Å². The number of hydrogen-bond donors (Lipinski definition) is 2. The molecular weight excluding hydrogens is 390 g/mol. The number of nitrogens with zero attached hydrogens (tertiary/aromatic N) is 2. The summed E-state index contributed by atoms with van der Waals surface area (Å²) in [5.74, 6) is -0.548. The molecule has 0 radical (unpaired) electrons. The SMILES string of the molecule is C[C@@H](CO)O/N=C(/C(=O)Nc1nccs1)c1ccc(S(=O)(=O)C2CC2)cc1. The van der Waals surface area contributed by atoms with Crippen LogP contribution in [0.5, 0.6) is 0 Å². The number of thiazole rings is 1. The summed E-state index contributed by atoms with van der Waals surface area (Å²) in [5.41, 5.74) is 0.352. The summed E-state index contributed by atoms with van der Waals surface area (Å²) in [6.45, 7) is 1.34. The first kappa shape index (κ1) is 19.5. The monoisotopic (exact) mass is 409 g/mol. The van der Waals surface area contributed by atoms with Gasteiger partial charge in [0.2, 0.25) is 0 Å². The van der Waals surface area contributed by atoms with Gasteiger partial charge in [0, 0.05) is 17.1 Å². The molecule has 0 aliphatic heterocycles. The summed E-state index contributed by atoms with van der Waals surface area (Å²) in [6, 6.07) is 5.96. The lowest BCUT2D eigenvalue weighted by Crippen LogP contribution is -2.25. The van der Waals surface area contributed by atoms with Crippen molar-refractivity contribution in [1.29, 1.82) is 0 Å². The van der Waals surface area contributed by atoms with Gasteiger partial charge in [-0.25, -0.2) is 13.4 Å². The Balaban J connectivity index is 1.86. The Morgan fingerprint density at radius 3 is 2.67 bits per heavy atom. The number of aliphatic hydroxyl groups is 1. The average molecular weight is 409 g/mol. The summed E-state index contributed by atoms with van der Waals surface area (Å²) in [4.78, 5) is 21.9.